The van der Waals surface area contributed by atoms with Crippen molar-refractivity contribution in [1.29, 1.82) is 0 Å². The third-order valence-electron chi connectivity index (χ3n) is 6.80. The van der Waals surface area contributed by atoms with Gasteiger partial charge in [-0.1, -0.05) is 0 Å². The van der Waals surface area contributed by atoms with Crippen LogP contribution in [0.1, 0.15) is 5.56 Å². The predicted octanol–water partition coefficient (Wildman–Crippen LogP) is 2.21. The van der Waals surface area contributed by atoms with Gasteiger partial charge in [-0.2, -0.15) is 0 Å². The summed E-state index contributed by atoms with van der Waals surface area (Å²) in [7, 11) is 0. The number of ether oxygens (including phenoxy) is 2. The minimum atomic E-state index is 0.0426. The van der Waals surface area contributed by atoms with Crippen molar-refractivity contribution in [2.45, 2.75) is 6.92 Å². The molecule has 2 saturated heterocycles. The summed E-state index contributed by atoms with van der Waals surface area (Å²) in [5, 5.41) is 3.14. The van der Waals surface area contributed by atoms with E-state index in [0.717, 1.165) is 45.1 Å². The zero-order valence-electron chi connectivity index (χ0n) is 21.6. The Morgan fingerprint density at radius 2 is 1.67 bits per heavy atom. The number of anilines is 3. The number of carbonyl (C=O) groups is 1. The SMILES string of the molecule is Cc1c(-c2ccc(NCC(=O)N3CCOCC3)nc2)sc2c(N3CCOCC3)nc(-c3cnc(N)nc3)nc12. The summed E-state index contributed by atoms with van der Waals surface area (Å²) in [4.78, 5) is 40.3. The molecule has 2 aliphatic heterocycles. The van der Waals surface area contributed by atoms with Crippen LogP contribution in [0.4, 0.5) is 17.6 Å². The van der Waals surface area contributed by atoms with Crippen LogP contribution in [0.25, 0.3) is 32.0 Å². The number of amides is 1. The summed E-state index contributed by atoms with van der Waals surface area (Å²) in [5.74, 6) is 2.33. The number of pyridine rings is 1. The van der Waals surface area contributed by atoms with Crippen LogP contribution in [0.3, 0.4) is 0 Å². The van der Waals surface area contributed by atoms with Crippen LogP contribution < -0.4 is 16.0 Å². The highest BCUT2D eigenvalue weighted by molar-refractivity contribution is 7.23. The average Bonchev–Trinajstić information content (AvgIpc) is 3.33. The Bertz CT molecular complexity index is 1470. The van der Waals surface area contributed by atoms with Gasteiger partial charge in [0, 0.05) is 55.2 Å². The first-order valence-corrected chi connectivity index (χ1v) is 13.7. The number of nitrogens with one attached hydrogen (secondary N) is 1. The van der Waals surface area contributed by atoms with Crippen LogP contribution in [0, 0.1) is 6.92 Å². The normalized spacial score (nSPS) is 16.0. The van der Waals surface area contributed by atoms with Crippen LogP contribution >= 0.6 is 11.3 Å². The average molecular weight is 548 g/mol. The molecule has 0 bridgehead atoms. The van der Waals surface area contributed by atoms with E-state index < -0.39 is 0 Å². The molecule has 0 aliphatic carbocycles. The summed E-state index contributed by atoms with van der Waals surface area (Å²) >= 11 is 1.65. The lowest BCUT2D eigenvalue weighted by Crippen LogP contribution is -2.43. The monoisotopic (exact) mass is 547 g/mol. The van der Waals surface area contributed by atoms with Gasteiger partial charge in [-0.25, -0.2) is 24.9 Å². The van der Waals surface area contributed by atoms with Gasteiger partial charge in [-0.05, 0) is 24.6 Å². The second-order valence-corrected chi connectivity index (χ2v) is 10.3. The fourth-order valence-electron chi connectivity index (χ4n) is 4.64. The van der Waals surface area contributed by atoms with Gasteiger partial charge in [0.25, 0.3) is 0 Å². The Balaban J connectivity index is 1.30. The molecule has 0 spiro atoms. The molecule has 0 radical (unpaired) electrons. The van der Waals surface area contributed by atoms with Gasteiger partial charge in [-0.15, -0.1) is 11.3 Å². The van der Waals surface area contributed by atoms with Gasteiger partial charge < -0.3 is 30.3 Å². The van der Waals surface area contributed by atoms with E-state index in [1.165, 1.54) is 0 Å². The van der Waals surface area contributed by atoms with E-state index >= 15 is 0 Å². The van der Waals surface area contributed by atoms with Crippen LogP contribution in [0.2, 0.25) is 0 Å². The predicted molar refractivity (Wildman–Crippen MR) is 150 cm³/mol. The maximum atomic E-state index is 12.5. The number of aromatic nitrogens is 5. The highest BCUT2D eigenvalue weighted by Gasteiger charge is 2.23. The lowest BCUT2D eigenvalue weighted by atomic mass is 10.1. The van der Waals surface area contributed by atoms with Gasteiger partial charge in [0.2, 0.25) is 11.9 Å². The maximum absolute atomic E-state index is 12.5. The molecule has 2 fully saturated rings. The largest absolute Gasteiger partial charge is 0.378 e. The Kier molecular flexibility index (Phi) is 7.18. The van der Waals surface area contributed by atoms with E-state index in [4.69, 9.17) is 25.2 Å². The summed E-state index contributed by atoms with van der Waals surface area (Å²) in [6, 6.07) is 3.92. The van der Waals surface area contributed by atoms with Crippen molar-refractivity contribution >= 4 is 45.0 Å². The molecule has 0 atom stereocenters. The minimum Gasteiger partial charge on any atom is -0.378 e. The summed E-state index contributed by atoms with van der Waals surface area (Å²) in [5.41, 5.74) is 9.31. The van der Waals surface area contributed by atoms with Crippen molar-refractivity contribution in [3.05, 3.63) is 36.3 Å². The van der Waals surface area contributed by atoms with Gasteiger partial charge >= 0.3 is 0 Å². The van der Waals surface area contributed by atoms with Crippen molar-refractivity contribution in [3.8, 4) is 21.8 Å². The van der Waals surface area contributed by atoms with E-state index in [1.54, 1.807) is 23.7 Å². The van der Waals surface area contributed by atoms with Crippen molar-refractivity contribution in [3.63, 3.8) is 0 Å². The van der Waals surface area contributed by atoms with E-state index in [9.17, 15) is 4.79 Å². The molecular weight excluding hydrogens is 518 g/mol. The number of aryl methyl sites for hydroxylation is 1. The number of morpholine rings is 2. The Labute approximate surface area is 229 Å². The zero-order valence-corrected chi connectivity index (χ0v) is 22.4. The zero-order chi connectivity index (χ0) is 26.8. The molecule has 4 aromatic heterocycles. The van der Waals surface area contributed by atoms with Gasteiger partial charge in [0.1, 0.15) is 5.82 Å². The Hall–Kier alpha value is -3.94. The lowest BCUT2D eigenvalue weighted by molar-refractivity contribution is -0.133. The first kappa shape index (κ1) is 25.3. The van der Waals surface area contributed by atoms with Gasteiger partial charge in [0.05, 0.1) is 48.8 Å². The minimum absolute atomic E-state index is 0.0426. The summed E-state index contributed by atoms with van der Waals surface area (Å²) in [6.45, 7) is 7.49. The second kappa shape index (κ2) is 11.0. The summed E-state index contributed by atoms with van der Waals surface area (Å²) in [6.07, 6.45) is 5.12. The molecule has 6 heterocycles. The fraction of sp³-hybridized carbons (Fsp3) is 0.385. The Morgan fingerprint density at radius 1 is 0.974 bits per heavy atom. The molecule has 1 amide bonds. The van der Waals surface area contributed by atoms with Crippen LogP contribution in [-0.2, 0) is 14.3 Å². The van der Waals surface area contributed by atoms with Crippen LogP contribution in [-0.4, -0.2) is 94.9 Å². The molecular formula is C26H29N9O3S. The van der Waals surface area contributed by atoms with Gasteiger partial charge in [0.15, 0.2) is 11.6 Å². The molecule has 13 heteroatoms. The smallest absolute Gasteiger partial charge is 0.242 e. The fourth-order valence-corrected chi connectivity index (χ4v) is 5.90. The number of fused-ring (bicyclic) bond motifs is 1. The highest BCUT2D eigenvalue weighted by atomic mass is 32.1. The molecule has 202 valence electrons. The van der Waals surface area contributed by atoms with Crippen molar-refractivity contribution in [2.24, 2.45) is 0 Å². The second-order valence-electron chi connectivity index (χ2n) is 9.31. The van der Waals surface area contributed by atoms with E-state index in [2.05, 4.69) is 32.1 Å². The number of carbonyl (C=O) groups excluding carboxylic acids is 1. The number of hydrogen-bond acceptors (Lipinski definition) is 12. The van der Waals surface area contributed by atoms with Crippen molar-refractivity contribution in [1.82, 2.24) is 29.8 Å². The van der Waals surface area contributed by atoms with E-state index in [0.29, 0.717) is 56.7 Å². The first-order chi connectivity index (χ1) is 19.1. The number of thiophene rings is 1. The van der Waals surface area contributed by atoms with Crippen molar-refractivity contribution in [2.75, 3.05) is 75.1 Å². The van der Waals surface area contributed by atoms with Crippen LogP contribution in [0.15, 0.2) is 30.7 Å². The molecule has 39 heavy (non-hydrogen) atoms. The molecule has 2 aliphatic rings. The third-order valence-corrected chi connectivity index (χ3v) is 8.12. The quantitative estimate of drug-likeness (QED) is 0.366. The first-order valence-electron chi connectivity index (χ1n) is 12.8. The standard InChI is InChI=1S/C26H29N9O3S/c1-16-21-23(25(35-6-10-38-11-7-35)33-24(32-21)18-13-30-26(27)31-14-18)39-22(16)17-2-3-19(28-12-17)29-15-20(36)34-4-8-37-9-5-34/h2-3,12-14H,4-11,15H2,1H3,(H,28,29)(H2,27,30,31). The maximum Gasteiger partial charge on any atom is 0.242 e. The Morgan fingerprint density at radius 3 is 2.36 bits per heavy atom. The topological polar surface area (TPSA) is 145 Å². The molecule has 4 aromatic rings. The molecule has 0 saturated carbocycles. The van der Waals surface area contributed by atoms with Crippen molar-refractivity contribution < 1.29 is 14.3 Å². The lowest BCUT2D eigenvalue weighted by Gasteiger charge is -2.28. The number of hydrogen-bond donors (Lipinski definition) is 2. The molecule has 3 N–H and O–H groups in total. The number of nitrogens with zero attached hydrogens (tertiary/aromatic N) is 7. The van der Waals surface area contributed by atoms with E-state index in [1.807, 2.05) is 23.2 Å². The van der Waals surface area contributed by atoms with Crippen LogP contribution in [0.5, 0.6) is 0 Å². The number of nitrogen functional groups attached to an aromatic ring is 1. The molecule has 0 unspecified atom stereocenters. The highest BCUT2D eigenvalue weighted by Crippen LogP contribution is 2.42. The summed E-state index contributed by atoms with van der Waals surface area (Å²) < 4.78 is 11.9. The number of rotatable bonds is 6. The number of nitrogens with two attached hydrogens (primary N) is 1. The van der Waals surface area contributed by atoms with Gasteiger partial charge in [-0.3, -0.25) is 4.79 Å². The molecule has 6 rings (SSSR count). The molecule has 0 aromatic carbocycles. The third kappa shape index (κ3) is 5.33. The van der Waals surface area contributed by atoms with E-state index in [-0.39, 0.29) is 18.4 Å². The molecule has 12 nitrogen and oxygen atoms in total.